The van der Waals surface area contributed by atoms with Gasteiger partial charge in [0.15, 0.2) is 29.3 Å². The number of amides is 2. The Bertz CT molecular complexity index is 1930. The number of phenolic OH excluding ortho intramolecular Hbond substituents is 2. The number of rotatable bonds is 14. The fraction of sp³-hybridized carbons (Fsp3) is 0.415. The molecule has 0 radical (unpaired) electrons. The molecule has 1 unspecified atom stereocenters. The van der Waals surface area contributed by atoms with Crippen molar-refractivity contribution >= 4 is 11.8 Å². The number of nitrogens with zero attached hydrogens (tertiary/aromatic N) is 4. The third-order valence-corrected chi connectivity index (χ3v) is 9.74. The SMILES string of the molecule is COc1cc(C2CN(C(=O)c3cc(OCCO)ccn3)C2)ccc1O.COc1cc(C2CN(C(=O)c3cc(OCCOC4CCCCO4)ccn3)C2)ccc1O. The number of carbonyl (C=O) groups is 2. The van der Waals surface area contributed by atoms with Crippen molar-refractivity contribution in [2.45, 2.75) is 37.4 Å². The molecule has 1 atom stereocenters. The molecule has 298 valence electrons. The molecular weight excluding hydrogens is 724 g/mol. The number of pyridine rings is 2. The average Bonchev–Trinajstić information content (AvgIpc) is 3.19. The second kappa shape index (κ2) is 19.3. The van der Waals surface area contributed by atoms with Crippen LogP contribution in [0.15, 0.2) is 73.1 Å². The number of ether oxygens (including phenoxy) is 6. The topological polar surface area (TPSA) is 182 Å². The number of aromatic hydroxyl groups is 2. The molecule has 2 aromatic heterocycles. The van der Waals surface area contributed by atoms with Gasteiger partial charge in [0.05, 0.1) is 27.4 Å². The molecule has 2 aromatic carbocycles. The maximum absolute atomic E-state index is 12.8. The normalized spacial score (nSPS) is 16.8. The summed E-state index contributed by atoms with van der Waals surface area (Å²) in [7, 11) is 3.03. The number of likely N-dealkylation sites (tertiary alicyclic amines) is 2. The highest BCUT2D eigenvalue weighted by atomic mass is 16.7. The highest BCUT2D eigenvalue weighted by molar-refractivity contribution is 5.94. The number of aromatic nitrogens is 2. The summed E-state index contributed by atoms with van der Waals surface area (Å²) in [5.41, 5.74) is 2.73. The molecule has 0 saturated carbocycles. The van der Waals surface area contributed by atoms with Crippen molar-refractivity contribution < 1.29 is 53.3 Å². The van der Waals surface area contributed by atoms with Crippen molar-refractivity contribution in [2.75, 3.05) is 73.4 Å². The number of aliphatic hydroxyl groups is 1. The lowest BCUT2D eigenvalue weighted by molar-refractivity contribution is -0.165. The summed E-state index contributed by atoms with van der Waals surface area (Å²) in [5.74, 6) is 2.30. The molecule has 56 heavy (non-hydrogen) atoms. The van der Waals surface area contributed by atoms with Crippen LogP contribution in [0.2, 0.25) is 0 Å². The Morgan fingerprint density at radius 2 is 1.23 bits per heavy atom. The Kier molecular flexibility index (Phi) is 13.8. The minimum absolute atomic E-state index is 0.0878. The van der Waals surface area contributed by atoms with E-state index in [0.29, 0.717) is 73.8 Å². The van der Waals surface area contributed by atoms with Gasteiger partial charge in [0.25, 0.3) is 11.8 Å². The van der Waals surface area contributed by atoms with Gasteiger partial charge in [-0.3, -0.25) is 19.6 Å². The molecule has 3 N–H and O–H groups in total. The van der Waals surface area contributed by atoms with Crippen molar-refractivity contribution in [1.29, 1.82) is 0 Å². The largest absolute Gasteiger partial charge is 0.504 e. The third kappa shape index (κ3) is 10.2. The number of methoxy groups -OCH3 is 2. The fourth-order valence-electron chi connectivity index (χ4n) is 6.51. The molecule has 3 aliphatic heterocycles. The Balaban J connectivity index is 0.000000194. The molecule has 2 amide bonds. The van der Waals surface area contributed by atoms with E-state index in [1.165, 1.54) is 20.4 Å². The van der Waals surface area contributed by atoms with Crippen LogP contribution in [0.3, 0.4) is 0 Å². The van der Waals surface area contributed by atoms with Crippen LogP contribution < -0.4 is 18.9 Å². The number of hydrogen-bond acceptors (Lipinski definition) is 13. The second-order valence-corrected chi connectivity index (χ2v) is 13.5. The second-order valence-electron chi connectivity index (χ2n) is 13.5. The zero-order chi connectivity index (χ0) is 39.4. The maximum atomic E-state index is 12.8. The van der Waals surface area contributed by atoms with E-state index in [1.807, 2.05) is 18.2 Å². The van der Waals surface area contributed by atoms with E-state index >= 15 is 0 Å². The van der Waals surface area contributed by atoms with Crippen LogP contribution in [0, 0.1) is 0 Å². The van der Waals surface area contributed by atoms with E-state index in [2.05, 4.69) is 9.97 Å². The number of benzene rings is 2. The summed E-state index contributed by atoms with van der Waals surface area (Å²) in [6, 6.07) is 17.1. The summed E-state index contributed by atoms with van der Waals surface area (Å²) < 4.78 is 32.5. The van der Waals surface area contributed by atoms with Crippen LogP contribution in [-0.4, -0.2) is 127 Å². The van der Waals surface area contributed by atoms with Crippen molar-refractivity contribution in [2.24, 2.45) is 0 Å². The highest BCUT2D eigenvalue weighted by Gasteiger charge is 2.34. The average molecular weight is 773 g/mol. The standard InChI is InChI=1S/C23H28N2O6.C18H20N2O5/c1-28-21-12-16(5-6-20(21)26)17-14-25(15-17)23(27)19-13-18(7-8-24-19)29-10-11-31-22-4-2-3-9-30-22;1-24-17-8-12(2-3-16(17)22)13-10-20(11-13)18(23)15-9-14(4-5-19-15)25-7-6-21/h5-8,12-13,17,22,26H,2-4,9-11,14-15H2,1H3;2-5,8-9,13,21-22H,6-7,10-11H2,1H3. The lowest BCUT2D eigenvalue weighted by atomic mass is 9.91. The third-order valence-electron chi connectivity index (χ3n) is 9.74. The van der Waals surface area contributed by atoms with Gasteiger partial charge in [-0.25, -0.2) is 0 Å². The molecule has 0 aliphatic carbocycles. The first-order valence-corrected chi connectivity index (χ1v) is 18.6. The smallest absolute Gasteiger partial charge is 0.272 e. The van der Waals surface area contributed by atoms with Gasteiger partial charge in [-0.2, -0.15) is 0 Å². The van der Waals surface area contributed by atoms with Crippen LogP contribution in [0.4, 0.5) is 0 Å². The van der Waals surface area contributed by atoms with Crippen LogP contribution >= 0.6 is 0 Å². The van der Waals surface area contributed by atoms with Gasteiger partial charge in [-0.1, -0.05) is 12.1 Å². The van der Waals surface area contributed by atoms with Crippen LogP contribution in [0.1, 0.15) is 63.2 Å². The quantitative estimate of drug-likeness (QED) is 0.154. The molecule has 3 saturated heterocycles. The highest BCUT2D eigenvalue weighted by Crippen LogP contribution is 2.36. The molecule has 4 aromatic rings. The van der Waals surface area contributed by atoms with E-state index in [-0.39, 0.29) is 54.7 Å². The van der Waals surface area contributed by atoms with Gasteiger partial charge in [0, 0.05) is 69.1 Å². The van der Waals surface area contributed by atoms with Gasteiger partial charge < -0.3 is 53.5 Å². The van der Waals surface area contributed by atoms with Gasteiger partial charge in [-0.05, 0) is 66.8 Å². The summed E-state index contributed by atoms with van der Waals surface area (Å²) in [4.78, 5) is 37.0. The predicted octanol–water partition coefficient (Wildman–Crippen LogP) is 4.36. The Morgan fingerprint density at radius 3 is 1.70 bits per heavy atom. The van der Waals surface area contributed by atoms with Crippen LogP contribution in [-0.2, 0) is 9.47 Å². The van der Waals surface area contributed by atoms with E-state index < -0.39 is 0 Å². The Labute approximate surface area is 325 Å². The molecule has 5 heterocycles. The first kappa shape index (κ1) is 40.0. The van der Waals surface area contributed by atoms with Crippen molar-refractivity contribution in [3.63, 3.8) is 0 Å². The first-order valence-electron chi connectivity index (χ1n) is 18.6. The minimum Gasteiger partial charge on any atom is -0.504 e. The molecular formula is C41H48N4O11. The monoisotopic (exact) mass is 772 g/mol. The summed E-state index contributed by atoms with van der Waals surface area (Å²) in [5, 5.41) is 28.2. The van der Waals surface area contributed by atoms with Gasteiger partial charge in [0.2, 0.25) is 0 Å². The number of carbonyl (C=O) groups excluding carboxylic acids is 2. The number of phenols is 2. The van der Waals surface area contributed by atoms with Crippen molar-refractivity contribution in [3.8, 4) is 34.5 Å². The minimum atomic E-state index is -0.156. The van der Waals surface area contributed by atoms with Crippen LogP contribution in [0.5, 0.6) is 34.5 Å². The molecule has 0 spiro atoms. The zero-order valence-electron chi connectivity index (χ0n) is 31.5. The fourth-order valence-corrected chi connectivity index (χ4v) is 6.51. The number of aliphatic hydroxyl groups excluding tert-OH is 1. The predicted molar refractivity (Wildman–Crippen MR) is 203 cm³/mol. The van der Waals surface area contributed by atoms with E-state index in [9.17, 15) is 19.8 Å². The zero-order valence-corrected chi connectivity index (χ0v) is 31.5. The molecule has 0 bridgehead atoms. The van der Waals surface area contributed by atoms with E-state index in [1.54, 1.807) is 58.5 Å². The molecule has 3 aliphatic rings. The van der Waals surface area contributed by atoms with Gasteiger partial charge in [0.1, 0.15) is 36.1 Å². The molecule has 15 nitrogen and oxygen atoms in total. The van der Waals surface area contributed by atoms with E-state index in [0.717, 1.165) is 37.0 Å². The van der Waals surface area contributed by atoms with Gasteiger partial charge in [-0.15, -0.1) is 0 Å². The van der Waals surface area contributed by atoms with Crippen LogP contribution in [0.25, 0.3) is 0 Å². The lowest BCUT2D eigenvalue weighted by Gasteiger charge is -2.39. The first-order chi connectivity index (χ1) is 27.3. The molecule has 3 fully saturated rings. The molecule has 7 rings (SSSR count). The Hall–Kier alpha value is -5.64. The van der Waals surface area contributed by atoms with Crippen molar-refractivity contribution in [1.82, 2.24) is 19.8 Å². The Morgan fingerprint density at radius 1 is 0.714 bits per heavy atom. The molecule has 15 heteroatoms. The van der Waals surface area contributed by atoms with Crippen molar-refractivity contribution in [3.05, 3.63) is 95.6 Å². The maximum Gasteiger partial charge on any atom is 0.272 e. The van der Waals surface area contributed by atoms with Gasteiger partial charge >= 0.3 is 0 Å². The lowest BCUT2D eigenvalue weighted by Crippen LogP contribution is -2.48. The number of hydrogen-bond donors (Lipinski definition) is 3. The summed E-state index contributed by atoms with van der Waals surface area (Å²) in [6.45, 7) is 3.99. The summed E-state index contributed by atoms with van der Waals surface area (Å²) >= 11 is 0. The van der Waals surface area contributed by atoms with E-state index in [4.69, 9.17) is 33.5 Å². The summed E-state index contributed by atoms with van der Waals surface area (Å²) in [6.07, 6.45) is 6.09.